The van der Waals surface area contributed by atoms with Crippen LogP contribution >= 0.6 is 11.3 Å². The van der Waals surface area contributed by atoms with E-state index < -0.39 is 6.61 Å². The van der Waals surface area contributed by atoms with Gasteiger partial charge >= 0.3 is 6.61 Å². The van der Waals surface area contributed by atoms with E-state index in [1.54, 1.807) is 17.5 Å². The Labute approximate surface area is 164 Å². The van der Waals surface area contributed by atoms with Gasteiger partial charge in [-0.2, -0.15) is 8.78 Å². The molecule has 0 radical (unpaired) electrons. The molecule has 3 rings (SSSR count). The van der Waals surface area contributed by atoms with Crippen LogP contribution in [-0.2, 0) is 13.2 Å². The Kier molecular flexibility index (Phi) is 6.54. The number of nitrogens with one attached hydrogen (secondary N) is 1. The van der Waals surface area contributed by atoms with Crippen LogP contribution < -0.4 is 14.8 Å². The summed E-state index contributed by atoms with van der Waals surface area (Å²) in [6, 6.07) is 13.8. The van der Waals surface area contributed by atoms with Gasteiger partial charge in [-0.15, -0.1) is 11.3 Å². The fraction of sp³-hybridized carbons (Fsp3) is 0.200. The van der Waals surface area contributed by atoms with Gasteiger partial charge in [0.25, 0.3) is 5.91 Å². The van der Waals surface area contributed by atoms with Crippen molar-refractivity contribution in [3.63, 3.8) is 0 Å². The molecule has 1 amide bonds. The third-order valence-electron chi connectivity index (χ3n) is 3.77. The van der Waals surface area contributed by atoms with Gasteiger partial charge in [-0.25, -0.2) is 4.98 Å². The number of alkyl halides is 2. The summed E-state index contributed by atoms with van der Waals surface area (Å²) in [4.78, 5) is 16.5. The van der Waals surface area contributed by atoms with Gasteiger partial charge in [-0.3, -0.25) is 4.79 Å². The van der Waals surface area contributed by atoms with Crippen LogP contribution in [0.1, 0.15) is 26.6 Å². The van der Waals surface area contributed by atoms with Crippen molar-refractivity contribution in [3.8, 4) is 11.5 Å². The fourth-order valence-electron chi connectivity index (χ4n) is 2.32. The summed E-state index contributed by atoms with van der Waals surface area (Å²) in [5, 5.41) is 5.11. The summed E-state index contributed by atoms with van der Waals surface area (Å²) in [6.45, 7) is -0.326. The molecule has 0 atom stereocenters. The van der Waals surface area contributed by atoms with Crippen molar-refractivity contribution in [2.24, 2.45) is 0 Å². The van der Waals surface area contributed by atoms with Crippen LogP contribution in [0.5, 0.6) is 11.5 Å². The lowest BCUT2D eigenvalue weighted by Gasteiger charge is -2.06. The van der Waals surface area contributed by atoms with E-state index in [-0.39, 0.29) is 24.8 Å². The first-order chi connectivity index (χ1) is 13.5. The Morgan fingerprint density at radius 1 is 1.11 bits per heavy atom. The minimum Gasteiger partial charge on any atom is -0.486 e. The second kappa shape index (κ2) is 9.27. The zero-order valence-corrected chi connectivity index (χ0v) is 15.8. The number of aromatic nitrogens is 1. The largest absolute Gasteiger partial charge is 0.486 e. The maximum atomic E-state index is 12.2. The number of carbonyl (C=O) groups excluding carboxylic acids is 1. The quantitative estimate of drug-likeness (QED) is 0.598. The van der Waals surface area contributed by atoms with E-state index >= 15 is 0 Å². The van der Waals surface area contributed by atoms with Crippen LogP contribution in [0.3, 0.4) is 0 Å². The Balaban J connectivity index is 1.49. The van der Waals surface area contributed by atoms with Gasteiger partial charge in [0.2, 0.25) is 0 Å². The molecule has 0 aliphatic rings. The number of hydrogen-bond donors (Lipinski definition) is 1. The molecule has 5 nitrogen and oxygen atoms in total. The van der Waals surface area contributed by atoms with E-state index in [0.29, 0.717) is 10.7 Å². The molecule has 3 aromatic rings. The average Bonchev–Trinajstić information content (AvgIpc) is 3.15. The molecule has 2 aromatic carbocycles. The molecule has 0 saturated carbocycles. The van der Waals surface area contributed by atoms with E-state index in [1.807, 2.05) is 31.2 Å². The second-order valence-electron chi connectivity index (χ2n) is 5.93. The highest BCUT2D eigenvalue weighted by Crippen LogP contribution is 2.17. The lowest BCUT2D eigenvalue weighted by molar-refractivity contribution is -0.0498. The summed E-state index contributed by atoms with van der Waals surface area (Å²) in [5.41, 5.74) is 2.22. The summed E-state index contributed by atoms with van der Waals surface area (Å²) >= 11 is 1.35. The Bertz CT molecular complexity index is 912. The van der Waals surface area contributed by atoms with Crippen LogP contribution in [0, 0.1) is 6.92 Å². The number of thiazole rings is 1. The van der Waals surface area contributed by atoms with E-state index in [2.05, 4.69) is 15.0 Å². The van der Waals surface area contributed by atoms with Crippen molar-refractivity contribution >= 4 is 17.2 Å². The van der Waals surface area contributed by atoms with Gasteiger partial charge in [-0.1, -0.05) is 29.8 Å². The summed E-state index contributed by atoms with van der Waals surface area (Å²) in [7, 11) is 0. The van der Waals surface area contributed by atoms with Crippen LogP contribution in [0.25, 0.3) is 0 Å². The number of hydrogen-bond acceptors (Lipinski definition) is 5. The summed E-state index contributed by atoms with van der Waals surface area (Å²) < 4.78 is 34.2. The minimum absolute atomic E-state index is 0.0720. The van der Waals surface area contributed by atoms with Gasteiger partial charge < -0.3 is 14.8 Å². The Morgan fingerprint density at radius 3 is 2.46 bits per heavy atom. The smallest absolute Gasteiger partial charge is 0.387 e. The molecule has 0 aliphatic carbocycles. The zero-order chi connectivity index (χ0) is 19.9. The average molecular weight is 404 g/mol. The number of halogens is 2. The van der Waals surface area contributed by atoms with Crippen molar-refractivity contribution in [3.05, 3.63) is 75.7 Å². The van der Waals surface area contributed by atoms with Crippen molar-refractivity contribution in [2.45, 2.75) is 26.7 Å². The molecular formula is C20H18F2N2O3S. The fourth-order valence-corrected chi connectivity index (χ4v) is 3.01. The number of carbonyl (C=O) groups is 1. The first-order valence-corrected chi connectivity index (χ1v) is 9.33. The van der Waals surface area contributed by atoms with Gasteiger partial charge in [0, 0.05) is 11.9 Å². The number of ether oxygens (including phenoxy) is 2. The van der Waals surface area contributed by atoms with Crippen molar-refractivity contribution in [2.75, 3.05) is 0 Å². The lowest BCUT2D eigenvalue weighted by atomic mass is 10.2. The van der Waals surface area contributed by atoms with Crippen LogP contribution in [0.4, 0.5) is 8.78 Å². The monoisotopic (exact) mass is 404 g/mol. The molecule has 0 bridgehead atoms. The molecule has 0 spiro atoms. The standard InChI is InChI=1S/C20H18F2N2O3S/c1-13-2-6-15(7-3-13)26-11-18-24-17(12-28-18)19(25)23-10-14-4-8-16(9-5-14)27-20(21)22/h2-9,12,20H,10-11H2,1H3,(H,23,25). The topological polar surface area (TPSA) is 60.5 Å². The Hall–Kier alpha value is -3.00. The van der Waals surface area contributed by atoms with Crippen LogP contribution in [0.15, 0.2) is 53.9 Å². The van der Waals surface area contributed by atoms with Gasteiger partial charge in [0.05, 0.1) is 0 Å². The first kappa shape index (κ1) is 19.8. The molecule has 28 heavy (non-hydrogen) atoms. The maximum Gasteiger partial charge on any atom is 0.387 e. The number of amides is 1. The third-order valence-corrected chi connectivity index (χ3v) is 4.59. The number of nitrogens with zero attached hydrogens (tertiary/aromatic N) is 1. The first-order valence-electron chi connectivity index (χ1n) is 8.45. The molecule has 146 valence electrons. The SMILES string of the molecule is Cc1ccc(OCc2nc(C(=O)NCc3ccc(OC(F)F)cc3)cs2)cc1. The number of benzene rings is 2. The normalized spacial score (nSPS) is 10.7. The second-order valence-corrected chi connectivity index (χ2v) is 6.88. The highest BCUT2D eigenvalue weighted by atomic mass is 32.1. The van der Waals surface area contributed by atoms with Gasteiger partial charge in [-0.05, 0) is 36.8 Å². The molecule has 1 aromatic heterocycles. The summed E-state index contributed by atoms with van der Waals surface area (Å²) in [5.74, 6) is 0.500. The van der Waals surface area contributed by atoms with Gasteiger partial charge in [0.15, 0.2) is 0 Å². The third kappa shape index (κ3) is 5.75. The van der Waals surface area contributed by atoms with Crippen LogP contribution in [-0.4, -0.2) is 17.5 Å². The number of aryl methyl sites for hydroxylation is 1. The number of rotatable bonds is 8. The molecule has 8 heteroatoms. The molecule has 0 saturated heterocycles. The highest BCUT2D eigenvalue weighted by molar-refractivity contribution is 7.09. The van der Waals surface area contributed by atoms with Crippen molar-refractivity contribution in [1.82, 2.24) is 10.3 Å². The predicted molar refractivity (Wildman–Crippen MR) is 102 cm³/mol. The summed E-state index contributed by atoms with van der Waals surface area (Å²) in [6.07, 6.45) is 0. The molecule has 0 aliphatic heterocycles. The Morgan fingerprint density at radius 2 is 1.79 bits per heavy atom. The molecule has 0 unspecified atom stereocenters. The lowest BCUT2D eigenvalue weighted by Crippen LogP contribution is -2.23. The minimum atomic E-state index is -2.86. The van der Waals surface area contributed by atoms with Crippen LogP contribution in [0.2, 0.25) is 0 Å². The molecule has 1 heterocycles. The molecule has 0 fully saturated rings. The van der Waals surface area contributed by atoms with E-state index in [4.69, 9.17) is 4.74 Å². The van der Waals surface area contributed by atoms with E-state index in [9.17, 15) is 13.6 Å². The van der Waals surface area contributed by atoms with Crippen molar-refractivity contribution in [1.29, 1.82) is 0 Å². The predicted octanol–water partition coefficient (Wildman–Crippen LogP) is 4.56. The van der Waals surface area contributed by atoms with E-state index in [0.717, 1.165) is 16.9 Å². The maximum absolute atomic E-state index is 12.2. The van der Waals surface area contributed by atoms with Gasteiger partial charge in [0.1, 0.15) is 28.8 Å². The zero-order valence-electron chi connectivity index (χ0n) is 15.0. The molecule has 1 N–H and O–H groups in total. The molecular weight excluding hydrogens is 386 g/mol. The van der Waals surface area contributed by atoms with E-state index in [1.165, 1.54) is 23.5 Å². The van der Waals surface area contributed by atoms with Crippen molar-refractivity contribution < 1.29 is 23.0 Å². The highest BCUT2D eigenvalue weighted by Gasteiger charge is 2.11.